The molecule has 3 aromatic carbocycles. The van der Waals surface area contributed by atoms with Crippen molar-refractivity contribution in [1.29, 1.82) is 0 Å². The number of rotatable bonds is 10. The maximum Gasteiger partial charge on any atom is 0.311 e. The molecule has 0 aliphatic rings. The van der Waals surface area contributed by atoms with Crippen LogP contribution >= 0.6 is 11.6 Å². The monoisotopic (exact) mass is 532 g/mol. The molecule has 36 heavy (non-hydrogen) atoms. The van der Waals surface area contributed by atoms with Crippen molar-refractivity contribution in [2.75, 3.05) is 25.1 Å². The average Bonchev–Trinajstić information content (AvgIpc) is 2.87. The number of ether oxygens (including phenoxy) is 2. The van der Waals surface area contributed by atoms with E-state index in [-0.39, 0.29) is 22.0 Å². The minimum atomic E-state index is -4.15. The van der Waals surface area contributed by atoms with Gasteiger partial charge in [0, 0.05) is 16.7 Å². The first-order chi connectivity index (χ1) is 17.1. The Labute approximate surface area is 212 Å². The van der Waals surface area contributed by atoms with Crippen LogP contribution in [0.5, 0.6) is 11.5 Å². The second-order valence-electron chi connectivity index (χ2n) is 7.15. The number of hydrogen-bond donors (Lipinski definition) is 1. The third-order valence-corrected chi connectivity index (χ3v) is 6.89. The van der Waals surface area contributed by atoms with E-state index in [4.69, 9.17) is 21.1 Å². The summed E-state index contributed by atoms with van der Waals surface area (Å²) in [6.07, 6.45) is 1.19. The zero-order valence-electron chi connectivity index (χ0n) is 19.1. The van der Waals surface area contributed by atoms with E-state index in [0.29, 0.717) is 16.3 Å². The van der Waals surface area contributed by atoms with Gasteiger partial charge in [-0.15, -0.1) is 0 Å². The molecule has 11 nitrogen and oxygen atoms in total. The van der Waals surface area contributed by atoms with Gasteiger partial charge in [-0.1, -0.05) is 11.6 Å². The molecule has 0 heterocycles. The number of hydrazone groups is 1. The molecule has 0 bridgehead atoms. The van der Waals surface area contributed by atoms with Crippen molar-refractivity contribution in [2.24, 2.45) is 5.10 Å². The molecular weight excluding hydrogens is 512 g/mol. The lowest BCUT2D eigenvalue weighted by atomic mass is 10.2. The molecule has 0 saturated carbocycles. The van der Waals surface area contributed by atoms with Crippen LogP contribution in [0, 0.1) is 10.1 Å². The second kappa shape index (κ2) is 11.5. The Hall–Kier alpha value is -4.16. The third kappa shape index (κ3) is 6.29. The summed E-state index contributed by atoms with van der Waals surface area (Å²) in [5.41, 5.74) is 2.50. The molecule has 1 N–H and O–H groups in total. The van der Waals surface area contributed by atoms with Crippen LogP contribution < -0.4 is 19.2 Å². The highest BCUT2D eigenvalue weighted by Gasteiger charge is 2.27. The summed E-state index contributed by atoms with van der Waals surface area (Å²) in [7, 11) is -1.39. The van der Waals surface area contributed by atoms with Crippen LogP contribution in [0.25, 0.3) is 0 Å². The summed E-state index contributed by atoms with van der Waals surface area (Å²) in [6.45, 7) is -0.601. The summed E-state index contributed by atoms with van der Waals surface area (Å²) < 4.78 is 37.7. The van der Waals surface area contributed by atoms with Crippen molar-refractivity contribution >= 4 is 45.1 Å². The van der Waals surface area contributed by atoms with Gasteiger partial charge in [0.15, 0.2) is 5.75 Å². The molecule has 0 aliphatic heterocycles. The van der Waals surface area contributed by atoms with Crippen molar-refractivity contribution in [3.8, 4) is 11.5 Å². The van der Waals surface area contributed by atoms with Crippen molar-refractivity contribution in [3.63, 3.8) is 0 Å². The van der Waals surface area contributed by atoms with Gasteiger partial charge in [0.25, 0.3) is 15.9 Å². The smallest absolute Gasteiger partial charge is 0.311 e. The molecule has 0 aromatic heterocycles. The molecule has 13 heteroatoms. The van der Waals surface area contributed by atoms with Crippen LogP contribution in [0.2, 0.25) is 5.02 Å². The molecule has 0 aliphatic carbocycles. The zero-order valence-corrected chi connectivity index (χ0v) is 20.7. The molecule has 1 amide bonds. The van der Waals surface area contributed by atoms with Gasteiger partial charge < -0.3 is 9.47 Å². The first-order valence-electron chi connectivity index (χ1n) is 10.2. The van der Waals surface area contributed by atoms with Gasteiger partial charge in [0.2, 0.25) is 0 Å². The van der Waals surface area contributed by atoms with Gasteiger partial charge in [-0.2, -0.15) is 5.10 Å². The molecule has 0 fully saturated rings. The summed E-state index contributed by atoms with van der Waals surface area (Å²) in [5, 5.41) is 15.4. The maximum atomic E-state index is 13.4. The van der Waals surface area contributed by atoms with E-state index >= 15 is 0 Å². The predicted octanol–water partition coefficient (Wildman–Crippen LogP) is 3.61. The number of nitrogens with zero attached hydrogens (tertiary/aromatic N) is 3. The Kier molecular flexibility index (Phi) is 8.46. The van der Waals surface area contributed by atoms with Crippen LogP contribution in [0.4, 0.5) is 11.4 Å². The van der Waals surface area contributed by atoms with Crippen LogP contribution in [-0.2, 0) is 14.8 Å². The normalized spacial score (nSPS) is 11.2. The number of amides is 1. The second-order valence-corrected chi connectivity index (χ2v) is 9.44. The fraction of sp³-hybridized carbons (Fsp3) is 0.130. The molecule has 0 saturated heterocycles. The summed E-state index contributed by atoms with van der Waals surface area (Å²) >= 11 is 5.93. The lowest BCUT2D eigenvalue weighted by molar-refractivity contribution is -0.385. The highest BCUT2D eigenvalue weighted by molar-refractivity contribution is 7.92. The van der Waals surface area contributed by atoms with Gasteiger partial charge in [0.1, 0.15) is 12.3 Å². The molecular formula is C23H21ClN4O7S. The molecule has 0 radical (unpaired) electrons. The van der Waals surface area contributed by atoms with Crippen molar-refractivity contribution < 1.29 is 27.6 Å². The van der Waals surface area contributed by atoms with Crippen molar-refractivity contribution in [1.82, 2.24) is 5.43 Å². The minimum absolute atomic E-state index is 0.0555. The van der Waals surface area contributed by atoms with Gasteiger partial charge >= 0.3 is 5.69 Å². The SMILES string of the molecule is COc1ccc(S(=O)(=O)N(CC(=O)N/N=C/c2ccc(OC)c([N+](=O)[O-])c2)c2ccc(Cl)cc2)cc1. The Balaban J connectivity index is 1.82. The lowest BCUT2D eigenvalue weighted by Crippen LogP contribution is -2.39. The number of nitro benzene ring substituents is 1. The van der Waals surface area contributed by atoms with Gasteiger partial charge in [-0.3, -0.25) is 19.2 Å². The van der Waals surface area contributed by atoms with Gasteiger partial charge in [0.05, 0.1) is 35.9 Å². The molecule has 0 spiro atoms. The number of sulfonamides is 1. The number of benzene rings is 3. The van der Waals surface area contributed by atoms with Crippen LogP contribution in [0.1, 0.15) is 5.56 Å². The lowest BCUT2D eigenvalue weighted by Gasteiger charge is -2.23. The standard InChI is InChI=1S/C23H21ClN4O7S/c1-34-19-8-10-20(11-9-19)36(32,33)27(18-6-4-17(24)5-7-18)15-23(29)26-25-14-16-3-12-22(35-2)21(13-16)28(30)31/h3-14H,15H2,1-2H3,(H,26,29)/b25-14+. The molecule has 0 atom stereocenters. The minimum Gasteiger partial charge on any atom is -0.497 e. The first kappa shape index (κ1) is 26.4. The Morgan fingerprint density at radius 2 is 1.75 bits per heavy atom. The van der Waals surface area contributed by atoms with E-state index in [9.17, 15) is 23.3 Å². The van der Waals surface area contributed by atoms with Crippen LogP contribution in [-0.4, -0.2) is 46.2 Å². The summed E-state index contributed by atoms with van der Waals surface area (Å²) in [4.78, 5) is 23.1. The van der Waals surface area contributed by atoms with Gasteiger partial charge in [-0.05, 0) is 60.7 Å². The quantitative estimate of drug-likeness (QED) is 0.239. The number of carbonyl (C=O) groups is 1. The largest absolute Gasteiger partial charge is 0.497 e. The average molecular weight is 533 g/mol. The van der Waals surface area contributed by atoms with E-state index in [1.165, 1.54) is 87.2 Å². The first-order valence-corrected chi connectivity index (χ1v) is 12.0. The van der Waals surface area contributed by atoms with E-state index in [1.54, 1.807) is 0 Å². The Morgan fingerprint density at radius 3 is 2.33 bits per heavy atom. The highest BCUT2D eigenvalue weighted by Crippen LogP contribution is 2.27. The van der Waals surface area contributed by atoms with Gasteiger partial charge in [-0.25, -0.2) is 13.8 Å². The fourth-order valence-electron chi connectivity index (χ4n) is 3.07. The molecule has 0 unspecified atom stereocenters. The molecule has 3 aromatic rings. The molecule has 188 valence electrons. The van der Waals surface area contributed by atoms with Crippen molar-refractivity contribution in [3.05, 3.63) is 87.4 Å². The van der Waals surface area contributed by atoms with E-state index in [2.05, 4.69) is 10.5 Å². The van der Waals surface area contributed by atoms with E-state index in [1.807, 2.05) is 0 Å². The predicted molar refractivity (Wildman–Crippen MR) is 134 cm³/mol. The number of halogens is 1. The Morgan fingerprint density at radius 1 is 1.08 bits per heavy atom. The third-order valence-electron chi connectivity index (χ3n) is 4.85. The fourth-order valence-corrected chi connectivity index (χ4v) is 4.62. The number of methoxy groups -OCH3 is 2. The topological polar surface area (TPSA) is 140 Å². The zero-order chi connectivity index (χ0) is 26.3. The number of anilines is 1. The summed E-state index contributed by atoms with van der Waals surface area (Å²) in [6, 6.07) is 15.8. The van der Waals surface area contributed by atoms with Crippen molar-refractivity contribution in [2.45, 2.75) is 4.90 Å². The highest BCUT2D eigenvalue weighted by atomic mass is 35.5. The van der Waals surface area contributed by atoms with Crippen LogP contribution in [0.3, 0.4) is 0 Å². The maximum absolute atomic E-state index is 13.4. The Bertz CT molecular complexity index is 1380. The summed E-state index contributed by atoms with van der Waals surface area (Å²) in [5.74, 6) is -0.206. The van der Waals surface area contributed by atoms with E-state index < -0.39 is 27.4 Å². The van der Waals surface area contributed by atoms with E-state index in [0.717, 1.165) is 4.31 Å². The number of nitrogens with one attached hydrogen (secondary N) is 1. The number of carbonyl (C=O) groups excluding carboxylic acids is 1. The number of hydrogen-bond acceptors (Lipinski definition) is 8. The van der Waals surface area contributed by atoms with Crippen LogP contribution in [0.15, 0.2) is 76.7 Å². The molecule has 3 rings (SSSR count). The number of nitro groups is 1.